The van der Waals surface area contributed by atoms with Crippen molar-refractivity contribution in [2.75, 3.05) is 29.1 Å². The van der Waals surface area contributed by atoms with Crippen LogP contribution in [0.25, 0.3) is 33.0 Å². The molecule has 4 aromatic rings. The van der Waals surface area contributed by atoms with Crippen LogP contribution in [-0.2, 0) is 22.7 Å². The molecule has 3 aliphatic rings. The van der Waals surface area contributed by atoms with Crippen LogP contribution in [0.15, 0.2) is 27.8 Å². The lowest BCUT2D eigenvalue weighted by Crippen LogP contribution is -2.48. The highest BCUT2D eigenvalue weighted by molar-refractivity contribution is 7.99. The maximum Gasteiger partial charge on any atom is 0.414 e. The minimum atomic E-state index is -0.957. The molecule has 0 unspecified atom stereocenters. The van der Waals surface area contributed by atoms with E-state index in [1.807, 2.05) is 6.92 Å². The summed E-state index contributed by atoms with van der Waals surface area (Å²) < 4.78 is 49.8. The number of piperazine rings is 1. The third-order valence-electron chi connectivity index (χ3n) is 8.31. The maximum absolute atomic E-state index is 17.0. The van der Waals surface area contributed by atoms with Crippen LogP contribution >= 0.6 is 11.8 Å². The van der Waals surface area contributed by atoms with Gasteiger partial charge in [0, 0.05) is 35.7 Å². The molecule has 7 rings (SSSR count). The number of furan rings is 1. The van der Waals surface area contributed by atoms with Gasteiger partial charge >= 0.3 is 12.2 Å². The lowest BCUT2D eigenvalue weighted by Gasteiger charge is -2.34. The molecule has 45 heavy (non-hydrogen) atoms. The Morgan fingerprint density at radius 1 is 1.13 bits per heavy atom. The number of amides is 2. The van der Waals surface area contributed by atoms with Gasteiger partial charge in [-0.3, -0.25) is 5.32 Å². The highest BCUT2D eigenvalue weighted by atomic mass is 32.2. The fourth-order valence-corrected chi connectivity index (χ4v) is 7.18. The predicted octanol–water partition coefficient (Wildman–Crippen LogP) is 6.75. The summed E-state index contributed by atoms with van der Waals surface area (Å²) in [6, 6.07) is 3.76. The summed E-state index contributed by atoms with van der Waals surface area (Å²) >= 11 is 1.36. The van der Waals surface area contributed by atoms with Crippen LogP contribution in [0.1, 0.15) is 45.2 Å². The first-order valence-corrected chi connectivity index (χ1v) is 15.7. The molecular formula is C31H31F2N5O6S. The van der Waals surface area contributed by atoms with Gasteiger partial charge in [-0.1, -0.05) is 18.7 Å². The second-order valence-electron chi connectivity index (χ2n) is 12.3. The minimum Gasteiger partial charge on any atom is -0.465 e. The summed E-state index contributed by atoms with van der Waals surface area (Å²) in [7, 11) is 0. The van der Waals surface area contributed by atoms with E-state index in [9.17, 15) is 14.7 Å². The molecule has 2 amide bonds. The molecule has 3 aliphatic heterocycles. The first-order chi connectivity index (χ1) is 21.4. The minimum absolute atomic E-state index is 0.0137. The Balaban J connectivity index is 1.40. The van der Waals surface area contributed by atoms with Crippen molar-refractivity contribution >= 4 is 57.5 Å². The lowest BCUT2D eigenvalue weighted by molar-refractivity contribution is 0.0632. The van der Waals surface area contributed by atoms with Crippen LogP contribution < -0.4 is 10.2 Å². The Bertz CT molecular complexity index is 1890. The average Bonchev–Trinajstić information content (AvgIpc) is 3.76. The van der Waals surface area contributed by atoms with E-state index in [1.54, 1.807) is 20.8 Å². The van der Waals surface area contributed by atoms with Crippen LogP contribution in [0.4, 0.5) is 30.1 Å². The van der Waals surface area contributed by atoms with Crippen molar-refractivity contribution in [3.8, 4) is 11.1 Å². The van der Waals surface area contributed by atoms with Gasteiger partial charge in [-0.25, -0.2) is 28.3 Å². The quantitative estimate of drug-likeness (QED) is 0.179. The van der Waals surface area contributed by atoms with Crippen molar-refractivity contribution in [3.63, 3.8) is 0 Å². The molecule has 11 nitrogen and oxygen atoms in total. The van der Waals surface area contributed by atoms with E-state index in [-0.39, 0.29) is 58.8 Å². The van der Waals surface area contributed by atoms with Gasteiger partial charge in [0.2, 0.25) is 5.88 Å². The number of anilines is 2. The number of thioether (sulfide) groups is 1. The second-order valence-corrected chi connectivity index (χ2v) is 13.6. The SMILES string of the molecule is CCSc1nc(N2C[C@H]3C[C@@H]2CN3C(=O)O)c2c3c(c(-c4c(F)ccc5oc(NC(=O)OC(C)(C)C)cc45)c(F)c2n1)COC3. The first kappa shape index (κ1) is 29.5. The number of benzene rings is 2. The van der Waals surface area contributed by atoms with Crippen LogP contribution in [0, 0.1) is 11.6 Å². The summed E-state index contributed by atoms with van der Waals surface area (Å²) in [5.74, 6) is -0.204. The van der Waals surface area contributed by atoms with Crippen molar-refractivity contribution in [2.45, 2.75) is 70.2 Å². The Kier molecular flexibility index (Phi) is 7.04. The zero-order valence-corrected chi connectivity index (χ0v) is 25.9. The van der Waals surface area contributed by atoms with E-state index in [2.05, 4.69) is 15.2 Å². The number of aromatic nitrogens is 2. The molecule has 0 radical (unpaired) electrons. The Morgan fingerprint density at radius 3 is 2.60 bits per heavy atom. The van der Waals surface area contributed by atoms with Crippen LogP contribution in [0.2, 0.25) is 0 Å². The largest absolute Gasteiger partial charge is 0.465 e. The lowest BCUT2D eigenvalue weighted by atomic mass is 9.91. The fraction of sp³-hybridized carbons (Fsp3) is 0.419. The third-order valence-corrected chi connectivity index (χ3v) is 9.04. The van der Waals surface area contributed by atoms with Crippen molar-refractivity contribution in [2.24, 2.45) is 0 Å². The standard InChI is InChI=1S/C31H31F2N5O6S/c1-5-45-28-35-26-24(27(36-28)37-10-15-8-14(37)11-38(15)30(40)41)18-13-42-12-17(18)23(25(26)33)22-16-9-21(34-29(39)44-31(2,3)4)43-20(16)7-6-19(22)32/h6-7,9,14-15H,5,8,10-13H2,1-4H3,(H,34,39)(H,40,41)/t14-,15-/m1/s1. The van der Waals surface area contributed by atoms with E-state index >= 15 is 8.78 Å². The van der Waals surface area contributed by atoms with E-state index in [0.29, 0.717) is 52.8 Å². The molecule has 14 heteroatoms. The van der Waals surface area contributed by atoms with Crippen molar-refractivity contribution in [1.29, 1.82) is 0 Å². The zero-order chi connectivity index (χ0) is 31.8. The van der Waals surface area contributed by atoms with Crippen molar-refractivity contribution < 1.29 is 37.4 Å². The van der Waals surface area contributed by atoms with Gasteiger partial charge in [0.15, 0.2) is 11.0 Å². The van der Waals surface area contributed by atoms with Crippen LogP contribution in [-0.4, -0.2) is 68.7 Å². The Hall–Kier alpha value is -4.17. The molecule has 2 bridgehead atoms. The molecule has 5 heterocycles. The van der Waals surface area contributed by atoms with Gasteiger partial charge in [0.25, 0.3) is 0 Å². The summed E-state index contributed by atoms with van der Waals surface area (Å²) in [6.45, 7) is 8.05. The normalized spacial score (nSPS) is 19.2. The summed E-state index contributed by atoms with van der Waals surface area (Å²) in [6.07, 6.45) is -1.05. The molecular weight excluding hydrogens is 608 g/mol. The van der Waals surface area contributed by atoms with Gasteiger partial charge in [-0.2, -0.15) is 0 Å². The van der Waals surface area contributed by atoms with Crippen LogP contribution in [0.5, 0.6) is 0 Å². The smallest absolute Gasteiger partial charge is 0.414 e. The van der Waals surface area contributed by atoms with E-state index in [4.69, 9.17) is 18.9 Å². The number of ether oxygens (including phenoxy) is 2. The van der Waals surface area contributed by atoms with E-state index < -0.39 is 29.4 Å². The number of nitrogens with one attached hydrogen (secondary N) is 1. The number of hydrogen-bond acceptors (Lipinski definition) is 9. The van der Waals surface area contributed by atoms with E-state index in [0.717, 1.165) is 0 Å². The number of nitrogens with zero attached hydrogens (tertiary/aromatic N) is 4. The van der Waals surface area contributed by atoms with Crippen molar-refractivity contribution in [3.05, 3.63) is 41.0 Å². The molecule has 236 valence electrons. The number of carboxylic acid groups (broad SMARTS) is 1. The molecule has 0 aliphatic carbocycles. The molecule has 2 saturated heterocycles. The van der Waals surface area contributed by atoms with Gasteiger partial charge in [0.1, 0.15) is 28.3 Å². The van der Waals surface area contributed by atoms with Gasteiger partial charge in [0.05, 0.1) is 30.7 Å². The predicted molar refractivity (Wildman–Crippen MR) is 164 cm³/mol. The van der Waals surface area contributed by atoms with E-state index in [1.165, 1.54) is 34.9 Å². The summed E-state index contributed by atoms with van der Waals surface area (Å²) in [5.41, 5.74) is 0.658. The maximum atomic E-state index is 17.0. The topological polar surface area (TPSA) is 130 Å². The van der Waals surface area contributed by atoms with Gasteiger partial charge in [-0.05, 0) is 56.2 Å². The van der Waals surface area contributed by atoms with Crippen molar-refractivity contribution in [1.82, 2.24) is 14.9 Å². The first-order valence-electron chi connectivity index (χ1n) is 14.7. The highest BCUT2D eigenvalue weighted by Gasteiger charge is 2.47. The Morgan fingerprint density at radius 2 is 1.91 bits per heavy atom. The van der Waals surface area contributed by atoms with Gasteiger partial charge in [-0.15, -0.1) is 0 Å². The molecule has 2 fully saturated rings. The number of carbonyl (C=O) groups is 2. The van der Waals surface area contributed by atoms with Crippen LogP contribution in [0.3, 0.4) is 0 Å². The third kappa shape index (κ3) is 4.99. The molecule has 2 aromatic carbocycles. The highest BCUT2D eigenvalue weighted by Crippen LogP contribution is 2.47. The zero-order valence-electron chi connectivity index (χ0n) is 25.1. The monoisotopic (exact) mass is 639 g/mol. The molecule has 0 spiro atoms. The molecule has 0 saturated carbocycles. The molecule has 2 aromatic heterocycles. The number of fused-ring (bicyclic) bond motifs is 6. The fourth-order valence-electron chi connectivity index (χ4n) is 6.62. The summed E-state index contributed by atoms with van der Waals surface area (Å²) in [5, 5.41) is 13.3. The average molecular weight is 640 g/mol. The molecule has 2 atom stereocenters. The number of likely N-dealkylation sites (tertiary alicyclic amines) is 1. The Labute approximate surface area is 260 Å². The second kappa shape index (κ2) is 10.7. The molecule has 2 N–H and O–H groups in total. The number of halogens is 2. The van der Waals surface area contributed by atoms with Gasteiger partial charge < -0.3 is 28.8 Å². The number of carbonyl (C=O) groups excluding carboxylic acids is 1. The summed E-state index contributed by atoms with van der Waals surface area (Å²) in [4.78, 5) is 37.1. The number of hydrogen-bond donors (Lipinski definition) is 2. The number of rotatable bonds is 5.